The number of hydrogen-bond donors (Lipinski definition) is 0. The van der Waals surface area contributed by atoms with Gasteiger partial charge in [0.1, 0.15) is 13.1 Å². The molecule has 2 fully saturated rings. The van der Waals surface area contributed by atoms with E-state index in [1.54, 1.807) is 25.2 Å². The third-order valence-corrected chi connectivity index (χ3v) is 6.18. The maximum absolute atomic E-state index is 13.0. The Morgan fingerprint density at radius 2 is 1.79 bits per heavy atom. The monoisotopic (exact) mass is 438 g/mol. The van der Waals surface area contributed by atoms with Gasteiger partial charge in [0, 0.05) is 42.8 Å². The van der Waals surface area contributed by atoms with E-state index in [1.807, 2.05) is 4.58 Å². The minimum absolute atomic E-state index is 0.313. The van der Waals surface area contributed by atoms with Crippen molar-refractivity contribution in [2.45, 2.75) is 12.6 Å². The van der Waals surface area contributed by atoms with Gasteiger partial charge in [-0.3, -0.25) is 19.5 Å². The summed E-state index contributed by atoms with van der Waals surface area (Å²) in [5.74, 6) is 0.836. The predicted molar refractivity (Wildman–Crippen MR) is 110 cm³/mol. The molecule has 10 heteroatoms. The minimum Gasteiger partial charge on any atom is -0.379 e. The Labute approximate surface area is 178 Å². The predicted octanol–water partition coefficient (Wildman–Crippen LogP) is 1.54. The fourth-order valence-electron chi connectivity index (χ4n) is 3.77. The van der Waals surface area contributed by atoms with E-state index in [9.17, 15) is 9.59 Å². The number of nitrogens with zero attached hydrogens (tertiary/aromatic N) is 5. The summed E-state index contributed by atoms with van der Waals surface area (Å²) in [5.41, 5.74) is 0.724. The number of morpholine rings is 1. The molecular weight excluding hydrogens is 417 g/mol. The zero-order valence-corrected chi connectivity index (χ0v) is 17.8. The number of fused-ring (bicyclic) bond motifs is 1. The number of amidine groups is 2. The molecule has 1 aromatic rings. The number of amides is 3. The van der Waals surface area contributed by atoms with Crippen molar-refractivity contribution in [3.05, 3.63) is 33.8 Å². The molecule has 29 heavy (non-hydrogen) atoms. The lowest BCUT2D eigenvalue weighted by Gasteiger charge is -2.31. The number of ether oxygens (including phenoxy) is 1. The van der Waals surface area contributed by atoms with Gasteiger partial charge >= 0.3 is 11.9 Å². The molecule has 0 aliphatic carbocycles. The van der Waals surface area contributed by atoms with Crippen molar-refractivity contribution in [2.75, 3.05) is 46.9 Å². The van der Waals surface area contributed by atoms with E-state index in [4.69, 9.17) is 32.9 Å². The third-order valence-electron chi connectivity index (χ3n) is 5.47. The topological polar surface area (TPSA) is 68.5 Å². The summed E-state index contributed by atoms with van der Waals surface area (Å²) >= 11 is 12.8. The zero-order chi connectivity index (χ0) is 20.7. The van der Waals surface area contributed by atoms with Crippen LogP contribution in [0.1, 0.15) is 5.56 Å². The van der Waals surface area contributed by atoms with Crippen LogP contribution in [0.5, 0.6) is 0 Å². The molecule has 3 heterocycles. The number of halogens is 2. The van der Waals surface area contributed by atoms with Crippen molar-refractivity contribution >= 4 is 46.8 Å². The van der Waals surface area contributed by atoms with E-state index in [1.165, 1.54) is 11.9 Å². The average Bonchev–Trinajstić information content (AvgIpc) is 3.06. The Kier molecular flexibility index (Phi) is 5.61. The average molecular weight is 439 g/mol. The van der Waals surface area contributed by atoms with Gasteiger partial charge in [-0.15, -0.1) is 0 Å². The summed E-state index contributed by atoms with van der Waals surface area (Å²) in [6.07, 6.45) is 0. The Hall–Kier alpha value is -2.00. The standard InChI is InChI=1S/C19H22Cl2N5O3/c1-23-17-16(18(27)24(2)19(23)28)26(10-12-13(20)4-3-5-14(12)21)15(22-17)11-25-6-8-29-9-7-25/h3-5,16H,6-11H2,1-2H3/q+1. The second-order valence-electron chi connectivity index (χ2n) is 7.24. The summed E-state index contributed by atoms with van der Waals surface area (Å²) in [6, 6.07) is 4.24. The molecule has 8 nitrogen and oxygen atoms in total. The number of carbonyl (C=O) groups is 2. The molecule has 1 aromatic carbocycles. The van der Waals surface area contributed by atoms with E-state index in [0.717, 1.165) is 23.6 Å². The number of hydrogen-bond acceptors (Lipinski definition) is 5. The molecule has 154 valence electrons. The molecule has 2 saturated heterocycles. The van der Waals surface area contributed by atoms with E-state index >= 15 is 0 Å². The fourth-order valence-corrected chi connectivity index (χ4v) is 4.29. The van der Waals surface area contributed by atoms with E-state index in [-0.39, 0.29) is 5.91 Å². The molecular formula is C19H22Cl2N5O3+. The quantitative estimate of drug-likeness (QED) is 0.668. The van der Waals surface area contributed by atoms with Gasteiger partial charge in [-0.1, -0.05) is 29.3 Å². The lowest BCUT2D eigenvalue weighted by Crippen LogP contribution is -2.61. The third kappa shape index (κ3) is 3.66. The van der Waals surface area contributed by atoms with Gasteiger partial charge < -0.3 is 4.74 Å². The molecule has 1 unspecified atom stereocenters. The molecule has 1 atom stereocenters. The van der Waals surface area contributed by atoms with E-state index < -0.39 is 12.1 Å². The van der Waals surface area contributed by atoms with Crippen molar-refractivity contribution in [2.24, 2.45) is 4.99 Å². The van der Waals surface area contributed by atoms with Crippen LogP contribution in [0.2, 0.25) is 10.0 Å². The molecule has 0 N–H and O–H groups in total. The van der Waals surface area contributed by atoms with Gasteiger partial charge in [-0.25, -0.2) is 9.37 Å². The second-order valence-corrected chi connectivity index (χ2v) is 8.06. The number of aliphatic imine (C=N–C) groups is 1. The Morgan fingerprint density at radius 1 is 1.14 bits per heavy atom. The minimum atomic E-state index is -0.689. The molecule has 3 aliphatic heterocycles. The molecule has 0 saturated carbocycles. The SMILES string of the molecule is CN1C(=O)C2C(=NC(CN3CCOCC3)=[N+]2Cc2c(Cl)cccc2Cl)N(C)C1=O. The largest absolute Gasteiger partial charge is 0.379 e. The molecule has 0 spiro atoms. The first-order valence-corrected chi connectivity index (χ1v) is 10.1. The van der Waals surface area contributed by atoms with Crippen molar-refractivity contribution in [3.63, 3.8) is 0 Å². The van der Waals surface area contributed by atoms with Gasteiger partial charge in [-0.2, -0.15) is 0 Å². The Balaban J connectivity index is 1.74. The Morgan fingerprint density at radius 3 is 2.45 bits per heavy atom. The second kappa shape index (κ2) is 8.02. The maximum Gasteiger partial charge on any atom is 0.333 e. The molecule has 0 radical (unpaired) electrons. The summed E-state index contributed by atoms with van der Waals surface area (Å²) in [5, 5.41) is 1.05. The van der Waals surface area contributed by atoms with Gasteiger partial charge in [0.05, 0.1) is 13.2 Å². The van der Waals surface area contributed by atoms with Crippen molar-refractivity contribution in [3.8, 4) is 0 Å². The fraction of sp³-hybridized carbons (Fsp3) is 0.474. The number of rotatable bonds is 4. The van der Waals surface area contributed by atoms with Gasteiger partial charge in [-0.05, 0) is 17.1 Å². The lowest BCUT2D eigenvalue weighted by molar-refractivity contribution is -0.552. The highest BCUT2D eigenvalue weighted by molar-refractivity contribution is 6.36. The van der Waals surface area contributed by atoms with Crippen LogP contribution in [0.15, 0.2) is 23.2 Å². The van der Waals surface area contributed by atoms with Crippen LogP contribution in [-0.2, 0) is 16.1 Å². The van der Waals surface area contributed by atoms with Crippen LogP contribution in [0.3, 0.4) is 0 Å². The van der Waals surface area contributed by atoms with Gasteiger partial charge in [0.2, 0.25) is 0 Å². The summed E-state index contributed by atoms with van der Waals surface area (Å²) < 4.78 is 7.33. The first kappa shape index (κ1) is 20.3. The number of carbonyl (C=O) groups excluding carboxylic acids is 2. The normalized spacial score (nSPS) is 23.0. The van der Waals surface area contributed by atoms with E-state index in [2.05, 4.69) is 4.90 Å². The van der Waals surface area contributed by atoms with Crippen LogP contribution in [0, 0.1) is 0 Å². The first-order valence-electron chi connectivity index (χ1n) is 9.37. The van der Waals surface area contributed by atoms with Crippen molar-refractivity contribution in [1.82, 2.24) is 14.7 Å². The van der Waals surface area contributed by atoms with Crippen LogP contribution >= 0.6 is 23.2 Å². The van der Waals surface area contributed by atoms with Crippen LogP contribution in [-0.4, -0.2) is 95.9 Å². The van der Waals surface area contributed by atoms with E-state index in [0.29, 0.717) is 48.0 Å². The van der Waals surface area contributed by atoms with Gasteiger partial charge in [0.15, 0.2) is 0 Å². The Bertz CT molecular complexity index is 906. The maximum atomic E-state index is 13.0. The van der Waals surface area contributed by atoms with Crippen molar-refractivity contribution in [1.29, 1.82) is 0 Å². The highest BCUT2D eigenvalue weighted by Gasteiger charge is 2.53. The molecule has 4 rings (SSSR count). The number of benzene rings is 1. The zero-order valence-electron chi connectivity index (χ0n) is 16.3. The lowest BCUT2D eigenvalue weighted by atomic mass is 10.1. The molecule has 3 amide bonds. The highest BCUT2D eigenvalue weighted by atomic mass is 35.5. The first-order chi connectivity index (χ1) is 13.9. The number of imide groups is 1. The molecule has 3 aliphatic rings. The van der Waals surface area contributed by atoms with Crippen LogP contribution < -0.4 is 0 Å². The number of urea groups is 1. The highest BCUT2D eigenvalue weighted by Crippen LogP contribution is 2.28. The smallest absolute Gasteiger partial charge is 0.333 e. The molecule has 0 aromatic heterocycles. The van der Waals surface area contributed by atoms with Crippen molar-refractivity contribution < 1.29 is 18.9 Å². The van der Waals surface area contributed by atoms with Gasteiger partial charge in [0.25, 0.3) is 17.8 Å². The summed E-state index contributed by atoms with van der Waals surface area (Å²) in [6.45, 7) is 3.74. The summed E-state index contributed by atoms with van der Waals surface area (Å²) in [4.78, 5) is 34.9. The van der Waals surface area contributed by atoms with Crippen LogP contribution in [0.25, 0.3) is 0 Å². The van der Waals surface area contributed by atoms with Crippen LogP contribution in [0.4, 0.5) is 4.79 Å². The molecule has 0 bridgehead atoms. The number of likely N-dealkylation sites (N-methyl/N-ethyl adjacent to an activating group) is 2. The summed E-state index contributed by atoms with van der Waals surface area (Å²) in [7, 11) is 3.12.